The standard InChI is InChI=1S/C15H30N2/c1-3-7-15(10-11-16-12-15)13-17-14(2)8-5-4-6-9-14/h16-17H,3-13H2,1-2H3. The normalized spacial score (nSPS) is 32.8. The minimum Gasteiger partial charge on any atom is -0.316 e. The van der Waals surface area contributed by atoms with Crippen LogP contribution in [0.25, 0.3) is 0 Å². The fourth-order valence-corrected chi connectivity index (χ4v) is 3.69. The molecule has 0 spiro atoms. The van der Waals surface area contributed by atoms with Crippen LogP contribution in [-0.4, -0.2) is 25.2 Å². The Hall–Kier alpha value is -0.0800. The second-order valence-corrected chi connectivity index (χ2v) is 6.65. The van der Waals surface area contributed by atoms with Crippen LogP contribution in [0.5, 0.6) is 0 Å². The van der Waals surface area contributed by atoms with Crippen LogP contribution in [0.4, 0.5) is 0 Å². The van der Waals surface area contributed by atoms with Gasteiger partial charge in [0, 0.05) is 18.6 Å². The van der Waals surface area contributed by atoms with Crippen LogP contribution in [0.2, 0.25) is 0 Å². The van der Waals surface area contributed by atoms with Crippen molar-refractivity contribution in [2.24, 2.45) is 5.41 Å². The molecule has 2 fully saturated rings. The van der Waals surface area contributed by atoms with Crippen molar-refractivity contribution in [2.45, 2.75) is 70.8 Å². The fraction of sp³-hybridized carbons (Fsp3) is 1.00. The molecule has 17 heavy (non-hydrogen) atoms. The Morgan fingerprint density at radius 1 is 1.12 bits per heavy atom. The Kier molecular flexibility index (Phi) is 4.48. The summed E-state index contributed by atoms with van der Waals surface area (Å²) in [7, 11) is 0. The summed E-state index contributed by atoms with van der Waals surface area (Å²) in [4.78, 5) is 0. The van der Waals surface area contributed by atoms with Gasteiger partial charge in [-0.2, -0.15) is 0 Å². The van der Waals surface area contributed by atoms with Crippen LogP contribution in [0, 0.1) is 5.41 Å². The highest BCUT2D eigenvalue weighted by Crippen LogP contribution is 2.33. The first kappa shape index (κ1) is 13.4. The maximum Gasteiger partial charge on any atom is 0.0153 e. The zero-order valence-electron chi connectivity index (χ0n) is 11.8. The zero-order valence-corrected chi connectivity index (χ0v) is 11.8. The largest absolute Gasteiger partial charge is 0.316 e. The Morgan fingerprint density at radius 2 is 1.88 bits per heavy atom. The summed E-state index contributed by atoms with van der Waals surface area (Å²) < 4.78 is 0. The van der Waals surface area contributed by atoms with Gasteiger partial charge < -0.3 is 10.6 Å². The Labute approximate surface area is 107 Å². The van der Waals surface area contributed by atoms with Gasteiger partial charge in [0.2, 0.25) is 0 Å². The first-order chi connectivity index (χ1) is 8.18. The monoisotopic (exact) mass is 238 g/mol. The third-order valence-corrected chi connectivity index (χ3v) is 4.96. The average molecular weight is 238 g/mol. The third-order valence-electron chi connectivity index (χ3n) is 4.96. The Morgan fingerprint density at radius 3 is 2.47 bits per heavy atom. The number of hydrogen-bond acceptors (Lipinski definition) is 2. The minimum atomic E-state index is 0.432. The van der Waals surface area contributed by atoms with Crippen molar-refractivity contribution < 1.29 is 0 Å². The van der Waals surface area contributed by atoms with E-state index in [2.05, 4.69) is 24.5 Å². The summed E-state index contributed by atoms with van der Waals surface area (Å²) in [6, 6.07) is 0. The molecule has 1 unspecified atom stereocenters. The van der Waals surface area contributed by atoms with Gasteiger partial charge >= 0.3 is 0 Å². The van der Waals surface area contributed by atoms with Crippen molar-refractivity contribution >= 4 is 0 Å². The van der Waals surface area contributed by atoms with Crippen LogP contribution in [-0.2, 0) is 0 Å². The molecule has 2 N–H and O–H groups in total. The first-order valence-electron chi connectivity index (χ1n) is 7.64. The zero-order chi connectivity index (χ0) is 12.2. The van der Waals surface area contributed by atoms with Crippen molar-refractivity contribution in [3.63, 3.8) is 0 Å². The van der Waals surface area contributed by atoms with E-state index in [-0.39, 0.29) is 0 Å². The van der Waals surface area contributed by atoms with Crippen LogP contribution >= 0.6 is 0 Å². The Bertz CT molecular complexity index is 225. The molecular formula is C15H30N2. The van der Waals surface area contributed by atoms with Gasteiger partial charge in [-0.1, -0.05) is 32.6 Å². The summed E-state index contributed by atoms with van der Waals surface area (Å²) >= 11 is 0. The summed E-state index contributed by atoms with van der Waals surface area (Å²) in [6.07, 6.45) is 11.1. The third kappa shape index (κ3) is 3.45. The lowest BCUT2D eigenvalue weighted by Crippen LogP contribution is -2.49. The summed E-state index contributed by atoms with van der Waals surface area (Å²) in [5.41, 5.74) is 0.983. The number of nitrogens with one attached hydrogen (secondary N) is 2. The highest BCUT2D eigenvalue weighted by Gasteiger charge is 2.35. The second kappa shape index (κ2) is 5.71. The van der Waals surface area contributed by atoms with E-state index in [4.69, 9.17) is 0 Å². The average Bonchev–Trinajstić information content (AvgIpc) is 2.78. The van der Waals surface area contributed by atoms with E-state index in [0.717, 1.165) is 0 Å². The van der Waals surface area contributed by atoms with Crippen LogP contribution in [0.1, 0.15) is 65.2 Å². The number of hydrogen-bond donors (Lipinski definition) is 2. The van der Waals surface area contributed by atoms with Crippen molar-refractivity contribution in [2.75, 3.05) is 19.6 Å². The second-order valence-electron chi connectivity index (χ2n) is 6.65. The molecule has 0 amide bonds. The first-order valence-corrected chi connectivity index (χ1v) is 7.64. The fourth-order valence-electron chi connectivity index (χ4n) is 3.69. The van der Waals surface area contributed by atoms with Gasteiger partial charge in [-0.25, -0.2) is 0 Å². The molecule has 0 aromatic carbocycles. The molecule has 1 aliphatic heterocycles. The van der Waals surface area contributed by atoms with Gasteiger partial charge in [0.15, 0.2) is 0 Å². The maximum absolute atomic E-state index is 3.93. The van der Waals surface area contributed by atoms with E-state index in [9.17, 15) is 0 Å². The SMILES string of the molecule is CCCC1(CNC2(C)CCCCC2)CCNC1. The van der Waals surface area contributed by atoms with Crippen molar-refractivity contribution in [1.29, 1.82) is 0 Å². The molecule has 2 heteroatoms. The quantitative estimate of drug-likeness (QED) is 0.769. The molecule has 1 saturated carbocycles. The molecule has 1 aliphatic carbocycles. The predicted octanol–water partition coefficient (Wildman–Crippen LogP) is 3.08. The molecule has 2 nitrogen and oxygen atoms in total. The topological polar surface area (TPSA) is 24.1 Å². The molecular weight excluding hydrogens is 208 g/mol. The van der Waals surface area contributed by atoms with E-state index in [1.807, 2.05) is 0 Å². The van der Waals surface area contributed by atoms with Gasteiger partial charge in [0.1, 0.15) is 0 Å². The van der Waals surface area contributed by atoms with Crippen LogP contribution in [0.15, 0.2) is 0 Å². The van der Waals surface area contributed by atoms with Gasteiger partial charge in [-0.05, 0) is 44.6 Å². The van der Waals surface area contributed by atoms with Gasteiger partial charge in [-0.3, -0.25) is 0 Å². The van der Waals surface area contributed by atoms with Crippen molar-refractivity contribution in [3.8, 4) is 0 Å². The lowest BCUT2D eigenvalue weighted by atomic mass is 9.79. The molecule has 0 aromatic rings. The Balaban J connectivity index is 1.86. The van der Waals surface area contributed by atoms with Crippen LogP contribution in [0.3, 0.4) is 0 Å². The maximum atomic E-state index is 3.93. The van der Waals surface area contributed by atoms with Crippen LogP contribution < -0.4 is 10.6 Å². The van der Waals surface area contributed by atoms with E-state index in [1.165, 1.54) is 71.0 Å². The minimum absolute atomic E-state index is 0.432. The molecule has 1 saturated heterocycles. The highest BCUT2D eigenvalue weighted by atomic mass is 15.0. The molecule has 2 rings (SSSR count). The van der Waals surface area contributed by atoms with E-state index < -0.39 is 0 Å². The molecule has 0 bridgehead atoms. The van der Waals surface area contributed by atoms with Crippen molar-refractivity contribution in [3.05, 3.63) is 0 Å². The van der Waals surface area contributed by atoms with Gasteiger partial charge in [-0.15, -0.1) is 0 Å². The van der Waals surface area contributed by atoms with Crippen molar-refractivity contribution in [1.82, 2.24) is 10.6 Å². The highest BCUT2D eigenvalue weighted by molar-refractivity contribution is 4.94. The predicted molar refractivity (Wildman–Crippen MR) is 74.3 cm³/mol. The molecule has 0 radical (unpaired) electrons. The molecule has 2 aliphatic rings. The lowest BCUT2D eigenvalue weighted by molar-refractivity contribution is 0.194. The van der Waals surface area contributed by atoms with E-state index in [1.54, 1.807) is 0 Å². The molecule has 1 heterocycles. The van der Waals surface area contributed by atoms with E-state index in [0.29, 0.717) is 11.0 Å². The molecule has 0 aromatic heterocycles. The smallest absolute Gasteiger partial charge is 0.0153 e. The van der Waals surface area contributed by atoms with Gasteiger partial charge in [0.05, 0.1) is 0 Å². The summed E-state index contributed by atoms with van der Waals surface area (Å²) in [6.45, 7) is 8.43. The summed E-state index contributed by atoms with van der Waals surface area (Å²) in [5, 5.41) is 7.48. The molecule has 1 atom stereocenters. The molecule has 100 valence electrons. The number of rotatable bonds is 5. The van der Waals surface area contributed by atoms with E-state index >= 15 is 0 Å². The lowest BCUT2D eigenvalue weighted by Gasteiger charge is -2.39. The van der Waals surface area contributed by atoms with Gasteiger partial charge in [0.25, 0.3) is 0 Å². The summed E-state index contributed by atoms with van der Waals surface area (Å²) in [5.74, 6) is 0.